The predicted octanol–water partition coefficient (Wildman–Crippen LogP) is 4.15. The van der Waals surface area contributed by atoms with Gasteiger partial charge in [-0.15, -0.1) is 0 Å². The molecule has 0 aromatic heterocycles. The van der Waals surface area contributed by atoms with E-state index in [1.165, 1.54) is 6.07 Å². The SMILES string of the molecule is Fc1ccc(Cl)cc1CC1CSCC1Br. The topological polar surface area (TPSA) is 0 Å². The fourth-order valence-electron chi connectivity index (χ4n) is 1.74. The maximum Gasteiger partial charge on any atom is 0.126 e. The molecule has 2 rings (SSSR count). The number of alkyl halides is 1. The van der Waals surface area contributed by atoms with Crippen LogP contribution >= 0.6 is 39.3 Å². The van der Waals surface area contributed by atoms with Gasteiger partial charge >= 0.3 is 0 Å². The highest BCUT2D eigenvalue weighted by Gasteiger charge is 2.26. The highest BCUT2D eigenvalue weighted by molar-refractivity contribution is 9.09. The van der Waals surface area contributed by atoms with Crippen molar-refractivity contribution in [1.29, 1.82) is 0 Å². The molecule has 1 aromatic rings. The van der Waals surface area contributed by atoms with E-state index in [1.807, 2.05) is 11.8 Å². The van der Waals surface area contributed by atoms with Crippen LogP contribution in [0.15, 0.2) is 18.2 Å². The van der Waals surface area contributed by atoms with Crippen molar-refractivity contribution >= 4 is 39.3 Å². The molecule has 0 amide bonds. The molecular formula is C11H11BrClFS. The highest BCUT2D eigenvalue weighted by atomic mass is 79.9. The van der Waals surface area contributed by atoms with Crippen molar-refractivity contribution in [3.63, 3.8) is 0 Å². The quantitative estimate of drug-likeness (QED) is 0.740. The summed E-state index contributed by atoms with van der Waals surface area (Å²) in [6.07, 6.45) is 0.773. The van der Waals surface area contributed by atoms with Crippen LogP contribution in [-0.4, -0.2) is 16.3 Å². The van der Waals surface area contributed by atoms with Crippen LogP contribution in [0.5, 0.6) is 0 Å². The molecule has 15 heavy (non-hydrogen) atoms. The molecule has 0 radical (unpaired) electrons. The first-order chi connectivity index (χ1) is 7.16. The van der Waals surface area contributed by atoms with E-state index in [1.54, 1.807) is 12.1 Å². The van der Waals surface area contributed by atoms with E-state index in [0.717, 1.165) is 23.5 Å². The van der Waals surface area contributed by atoms with Crippen LogP contribution in [0.1, 0.15) is 5.56 Å². The van der Waals surface area contributed by atoms with Crippen LogP contribution in [0.3, 0.4) is 0 Å². The summed E-state index contributed by atoms with van der Waals surface area (Å²) < 4.78 is 13.5. The third-order valence-corrected chi connectivity index (χ3v) is 5.60. The van der Waals surface area contributed by atoms with Gasteiger partial charge in [0.15, 0.2) is 0 Å². The van der Waals surface area contributed by atoms with E-state index < -0.39 is 0 Å². The molecule has 0 saturated carbocycles. The minimum absolute atomic E-state index is 0.143. The second-order valence-corrected chi connectivity index (χ2v) is 6.44. The third kappa shape index (κ3) is 2.89. The number of benzene rings is 1. The molecule has 1 aromatic carbocycles. The highest BCUT2D eigenvalue weighted by Crippen LogP contribution is 2.33. The molecule has 1 saturated heterocycles. The average molecular weight is 310 g/mol. The lowest BCUT2D eigenvalue weighted by molar-refractivity contribution is 0.563. The number of hydrogen-bond acceptors (Lipinski definition) is 1. The Morgan fingerprint density at radius 3 is 2.93 bits per heavy atom. The van der Waals surface area contributed by atoms with Gasteiger partial charge in [-0.3, -0.25) is 0 Å². The average Bonchev–Trinajstić information content (AvgIpc) is 2.58. The molecule has 0 spiro atoms. The molecular weight excluding hydrogens is 299 g/mol. The van der Waals surface area contributed by atoms with Crippen molar-refractivity contribution in [1.82, 2.24) is 0 Å². The minimum Gasteiger partial charge on any atom is -0.207 e. The molecule has 82 valence electrons. The van der Waals surface area contributed by atoms with Gasteiger partial charge in [0.05, 0.1) is 0 Å². The second-order valence-electron chi connectivity index (χ2n) is 3.75. The number of thioether (sulfide) groups is 1. The summed E-state index contributed by atoms with van der Waals surface area (Å²) in [5.41, 5.74) is 0.736. The van der Waals surface area contributed by atoms with Gasteiger partial charge in [0.25, 0.3) is 0 Å². The standard InChI is InChI=1S/C11H11BrClFS/c12-10-6-15-5-8(10)3-7-4-9(13)1-2-11(7)14/h1-2,4,8,10H,3,5-6H2. The monoisotopic (exact) mass is 308 g/mol. The largest absolute Gasteiger partial charge is 0.207 e. The van der Waals surface area contributed by atoms with Crippen molar-refractivity contribution in [3.8, 4) is 0 Å². The van der Waals surface area contributed by atoms with Crippen molar-refractivity contribution in [2.24, 2.45) is 5.92 Å². The van der Waals surface area contributed by atoms with Crippen molar-refractivity contribution in [3.05, 3.63) is 34.6 Å². The van der Waals surface area contributed by atoms with Crippen LogP contribution in [0, 0.1) is 11.7 Å². The van der Waals surface area contributed by atoms with Gasteiger partial charge in [0.1, 0.15) is 5.82 Å². The van der Waals surface area contributed by atoms with Crippen LogP contribution < -0.4 is 0 Å². The van der Waals surface area contributed by atoms with E-state index in [-0.39, 0.29) is 5.82 Å². The van der Waals surface area contributed by atoms with Crippen LogP contribution in [0.2, 0.25) is 5.02 Å². The minimum atomic E-state index is -0.143. The van der Waals surface area contributed by atoms with E-state index >= 15 is 0 Å². The Morgan fingerprint density at radius 2 is 2.27 bits per heavy atom. The lowest BCUT2D eigenvalue weighted by Gasteiger charge is -2.13. The summed E-state index contributed by atoms with van der Waals surface area (Å²) in [4.78, 5) is 0.501. The Kier molecular flexibility index (Phi) is 3.97. The molecule has 4 heteroatoms. The normalized spacial score (nSPS) is 25.8. The Morgan fingerprint density at radius 1 is 1.47 bits per heavy atom. The summed E-state index contributed by atoms with van der Waals surface area (Å²) in [6.45, 7) is 0. The number of hydrogen-bond donors (Lipinski definition) is 0. The van der Waals surface area contributed by atoms with Gasteiger partial charge in [-0.25, -0.2) is 4.39 Å². The van der Waals surface area contributed by atoms with E-state index in [2.05, 4.69) is 15.9 Å². The maximum absolute atomic E-state index is 13.5. The van der Waals surface area contributed by atoms with Crippen LogP contribution in [0.4, 0.5) is 4.39 Å². The van der Waals surface area contributed by atoms with E-state index in [4.69, 9.17) is 11.6 Å². The summed E-state index contributed by atoms with van der Waals surface area (Å²) >= 11 is 11.4. The van der Waals surface area contributed by atoms with E-state index in [0.29, 0.717) is 15.8 Å². The molecule has 0 bridgehead atoms. The fraction of sp³-hybridized carbons (Fsp3) is 0.455. The second kappa shape index (κ2) is 5.07. The summed E-state index contributed by atoms with van der Waals surface area (Å²) in [5, 5.41) is 0.614. The van der Waals surface area contributed by atoms with Gasteiger partial charge < -0.3 is 0 Å². The number of rotatable bonds is 2. The molecule has 1 fully saturated rings. The third-order valence-electron chi connectivity index (χ3n) is 2.61. The van der Waals surface area contributed by atoms with Gasteiger partial charge in [-0.2, -0.15) is 11.8 Å². The first kappa shape index (κ1) is 11.7. The summed E-state index contributed by atoms with van der Waals surface area (Å²) in [5.74, 6) is 2.59. The smallest absolute Gasteiger partial charge is 0.126 e. The van der Waals surface area contributed by atoms with E-state index in [9.17, 15) is 4.39 Å². The number of halogens is 3. The van der Waals surface area contributed by atoms with Crippen LogP contribution in [0.25, 0.3) is 0 Å². The first-order valence-corrected chi connectivity index (χ1v) is 7.27. The van der Waals surface area contributed by atoms with Gasteiger partial charge in [-0.05, 0) is 41.9 Å². The molecule has 1 heterocycles. The zero-order valence-electron chi connectivity index (χ0n) is 8.05. The Bertz CT molecular complexity index is 358. The molecule has 0 N–H and O–H groups in total. The Hall–Kier alpha value is 0.270. The molecule has 1 aliphatic rings. The predicted molar refractivity (Wildman–Crippen MR) is 68.6 cm³/mol. The van der Waals surface area contributed by atoms with Crippen molar-refractivity contribution in [2.45, 2.75) is 11.2 Å². The summed E-state index contributed by atoms with van der Waals surface area (Å²) in [7, 11) is 0. The molecule has 1 aliphatic heterocycles. The fourth-order valence-corrected chi connectivity index (χ4v) is 4.40. The van der Waals surface area contributed by atoms with Gasteiger partial charge in [0.2, 0.25) is 0 Å². The van der Waals surface area contributed by atoms with Gasteiger partial charge in [-0.1, -0.05) is 27.5 Å². The zero-order chi connectivity index (χ0) is 10.8. The van der Waals surface area contributed by atoms with Crippen molar-refractivity contribution in [2.75, 3.05) is 11.5 Å². The lowest BCUT2D eigenvalue weighted by atomic mass is 9.98. The van der Waals surface area contributed by atoms with Crippen LogP contribution in [-0.2, 0) is 6.42 Å². The molecule has 2 atom stereocenters. The zero-order valence-corrected chi connectivity index (χ0v) is 11.2. The molecule has 0 aliphatic carbocycles. The Balaban J connectivity index is 2.12. The van der Waals surface area contributed by atoms with Gasteiger partial charge in [0, 0.05) is 15.6 Å². The summed E-state index contributed by atoms with van der Waals surface area (Å²) in [6, 6.07) is 4.78. The lowest BCUT2D eigenvalue weighted by Crippen LogP contribution is -2.15. The molecule has 0 nitrogen and oxygen atoms in total. The Labute approximate surface area is 107 Å². The van der Waals surface area contributed by atoms with Crippen molar-refractivity contribution < 1.29 is 4.39 Å². The molecule has 2 unspecified atom stereocenters. The maximum atomic E-state index is 13.5. The first-order valence-electron chi connectivity index (χ1n) is 4.82.